The number of nitrogens with one attached hydrogen (secondary N) is 1. The monoisotopic (exact) mass is 560 g/mol. The second kappa shape index (κ2) is 15.5. The number of carboxylic acid groups (broad SMARTS) is 2. The van der Waals surface area contributed by atoms with Crippen LogP contribution in [0.25, 0.3) is 0 Å². The Balaban J connectivity index is 1.80. The van der Waals surface area contributed by atoms with Gasteiger partial charge in [-0.25, -0.2) is 0 Å². The molecule has 3 rings (SSSR count). The molecule has 1 aromatic rings. The van der Waals surface area contributed by atoms with Crippen LogP contribution in [0.4, 0.5) is 0 Å². The molecule has 0 saturated heterocycles. The lowest BCUT2D eigenvalue weighted by Gasteiger charge is -2.33. The number of carbonyl (C=O) groups excluding carboxylic acids is 2. The molecule has 0 radical (unpaired) electrons. The molecule has 0 bridgehead atoms. The highest BCUT2D eigenvalue weighted by atomic mass is 16.5. The Bertz CT molecular complexity index is 1020. The summed E-state index contributed by atoms with van der Waals surface area (Å²) in [6.45, 7) is 0.277. The molecule has 0 heterocycles. The summed E-state index contributed by atoms with van der Waals surface area (Å²) in [6.07, 6.45) is 8.43. The van der Waals surface area contributed by atoms with Gasteiger partial charge in [-0.2, -0.15) is 0 Å². The third-order valence-corrected chi connectivity index (χ3v) is 8.35. The number of carbonyl (C=O) groups is 4. The van der Waals surface area contributed by atoms with Gasteiger partial charge in [-0.05, 0) is 49.3 Å². The van der Waals surface area contributed by atoms with Crippen molar-refractivity contribution in [2.45, 2.75) is 83.1 Å². The minimum atomic E-state index is -1.01. The summed E-state index contributed by atoms with van der Waals surface area (Å²) in [5.74, 6) is -2.70. The van der Waals surface area contributed by atoms with E-state index in [-0.39, 0.29) is 37.2 Å². The smallest absolute Gasteiger partial charge is 0.307 e. The summed E-state index contributed by atoms with van der Waals surface area (Å²) in [7, 11) is 3.10. The van der Waals surface area contributed by atoms with Crippen LogP contribution in [0, 0.1) is 17.8 Å². The summed E-state index contributed by atoms with van der Waals surface area (Å²) in [5.41, 5.74) is 0.894. The SMILES string of the molecule is COc1ccc(CCN(CCC(=O)O)C(=O)[C@H](CC2CCCCC2)NC(=O)[C@@H]2CCCC[C@H]2C(=O)O)cc1OC. The molecule has 2 fully saturated rings. The molecule has 2 aliphatic rings. The zero-order valence-electron chi connectivity index (χ0n) is 23.7. The van der Waals surface area contributed by atoms with E-state index in [1.54, 1.807) is 20.3 Å². The van der Waals surface area contributed by atoms with Crippen molar-refractivity contribution < 1.29 is 38.9 Å². The molecule has 222 valence electrons. The fraction of sp³-hybridized carbons (Fsp3) is 0.667. The van der Waals surface area contributed by atoms with Crippen LogP contribution >= 0.6 is 0 Å². The predicted octanol–water partition coefficient (Wildman–Crippen LogP) is 3.90. The van der Waals surface area contributed by atoms with Crippen LogP contribution in [0.2, 0.25) is 0 Å². The van der Waals surface area contributed by atoms with Crippen molar-refractivity contribution in [3.63, 3.8) is 0 Å². The maximum absolute atomic E-state index is 14.0. The van der Waals surface area contributed by atoms with Gasteiger partial charge in [0.2, 0.25) is 11.8 Å². The Kier molecular flexibility index (Phi) is 12.1. The summed E-state index contributed by atoms with van der Waals surface area (Å²) in [4.78, 5) is 52.2. The molecular formula is C30H44N2O8. The van der Waals surface area contributed by atoms with E-state index in [0.29, 0.717) is 37.2 Å². The van der Waals surface area contributed by atoms with Crippen molar-refractivity contribution in [2.75, 3.05) is 27.3 Å². The molecule has 0 aromatic heterocycles. The number of amides is 2. The molecule has 3 N–H and O–H groups in total. The molecule has 0 unspecified atom stereocenters. The first kappa shape index (κ1) is 31.2. The molecule has 2 aliphatic carbocycles. The standard InChI is InChI=1S/C30H44N2O8/c1-39-25-13-12-21(19-26(25)40-2)14-16-32(17-15-27(33)34)29(36)24(18-20-8-4-3-5-9-20)31-28(35)22-10-6-7-11-23(22)30(37)38/h12-13,19-20,22-24H,3-11,14-18H2,1-2H3,(H,31,35)(H,33,34)(H,37,38)/t22-,23-,24+/m1/s1. The largest absolute Gasteiger partial charge is 0.493 e. The van der Waals surface area contributed by atoms with E-state index in [1.165, 1.54) is 4.90 Å². The minimum absolute atomic E-state index is 0.0136. The Hall–Kier alpha value is -3.30. The third kappa shape index (κ3) is 8.86. The quantitative estimate of drug-likeness (QED) is 0.311. The van der Waals surface area contributed by atoms with E-state index in [1.807, 2.05) is 12.1 Å². The Morgan fingerprint density at radius 1 is 0.900 bits per heavy atom. The highest BCUT2D eigenvalue weighted by molar-refractivity contribution is 5.90. The lowest BCUT2D eigenvalue weighted by atomic mass is 9.78. The van der Waals surface area contributed by atoms with Crippen LogP contribution in [0.15, 0.2) is 18.2 Å². The summed E-state index contributed by atoms with van der Waals surface area (Å²) in [5, 5.41) is 22.0. The molecule has 1 aromatic carbocycles. The minimum Gasteiger partial charge on any atom is -0.493 e. The van der Waals surface area contributed by atoms with Gasteiger partial charge in [0.15, 0.2) is 11.5 Å². The van der Waals surface area contributed by atoms with E-state index < -0.39 is 29.8 Å². The van der Waals surface area contributed by atoms with Crippen LogP contribution in [0.5, 0.6) is 11.5 Å². The van der Waals surface area contributed by atoms with Crippen LogP contribution in [0.3, 0.4) is 0 Å². The molecule has 3 atom stereocenters. The van der Waals surface area contributed by atoms with Gasteiger partial charge in [0.1, 0.15) is 6.04 Å². The van der Waals surface area contributed by atoms with Crippen molar-refractivity contribution in [3.8, 4) is 11.5 Å². The molecule has 0 spiro atoms. The Morgan fingerprint density at radius 2 is 1.55 bits per heavy atom. The number of methoxy groups -OCH3 is 2. The van der Waals surface area contributed by atoms with Crippen molar-refractivity contribution in [2.24, 2.45) is 17.8 Å². The number of hydrogen-bond acceptors (Lipinski definition) is 6. The van der Waals surface area contributed by atoms with Gasteiger partial charge in [-0.15, -0.1) is 0 Å². The first-order valence-electron chi connectivity index (χ1n) is 14.5. The maximum Gasteiger partial charge on any atom is 0.307 e. The molecule has 10 heteroatoms. The second-order valence-electron chi connectivity index (χ2n) is 11.0. The lowest BCUT2D eigenvalue weighted by Crippen LogP contribution is -2.53. The Labute approximate surface area is 236 Å². The van der Waals surface area contributed by atoms with E-state index in [2.05, 4.69) is 5.32 Å². The number of rotatable bonds is 14. The summed E-state index contributed by atoms with van der Waals surface area (Å²) in [6, 6.07) is 4.66. The highest BCUT2D eigenvalue weighted by Crippen LogP contribution is 2.32. The zero-order valence-corrected chi connectivity index (χ0v) is 23.7. The molecule has 10 nitrogen and oxygen atoms in total. The number of nitrogens with zero attached hydrogens (tertiary/aromatic N) is 1. The van der Waals surface area contributed by atoms with Crippen LogP contribution < -0.4 is 14.8 Å². The molecular weight excluding hydrogens is 516 g/mol. The van der Waals surface area contributed by atoms with Crippen LogP contribution in [0.1, 0.15) is 76.2 Å². The fourth-order valence-electron chi connectivity index (χ4n) is 6.08. The fourth-order valence-corrected chi connectivity index (χ4v) is 6.08. The van der Waals surface area contributed by atoms with Crippen molar-refractivity contribution in [3.05, 3.63) is 23.8 Å². The highest BCUT2D eigenvalue weighted by Gasteiger charge is 2.38. The van der Waals surface area contributed by atoms with Gasteiger partial charge >= 0.3 is 11.9 Å². The van der Waals surface area contributed by atoms with Gasteiger partial charge in [-0.3, -0.25) is 19.2 Å². The van der Waals surface area contributed by atoms with Gasteiger partial charge in [-0.1, -0.05) is 51.0 Å². The number of hydrogen-bond donors (Lipinski definition) is 3. The van der Waals surface area contributed by atoms with Crippen molar-refractivity contribution >= 4 is 23.8 Å². The first-order chi connectivity index (χ1) is 19.2. The van der Waals surface area contributed by atoms with Gasteiger partial charge in [0.25, 0.3) is 0 Å². The van der Waals surface area contributed by atoms with Crippen molar-refractivity contribution in [1.82, 2.24) is 10.2 Å². The molecule has 40 heavy (non-hydrogen) atoms. The average Bonchev–Trinajstić information content (AvgIpc) is 2.96. The molecule has 2 amide bonds. The topological polar surface area (TPSA) is 142 Å². The third-order valence-electron chi connectivity index (χ3n) is 8.35. The van der Waals surface area contributed by atoms with E-state index >= 15 is 0 Å². The number of ether oxygens (including phenoxy) is 2. The maximum atomic E-state index is 14.0. The Morgan fingerprint density at radius 3 is 2.17 bits per heavy atom. The average molecular weight is 561 g/mol. The van der Waals surface area contributed by atoms with Crippen molar-refractivity contribution in [1.29, 1.82) is 0 Å². The van der Waals surface area contributed by atoms with E-state index in [9.17, 15) is 29.4 Å². The lowest BCUT2D eigenvalue weighted by molar-refractivity contribution is -0.149. The van der Waals surface area contributed by atoms with Gasteiger partial charge in [0, 0.05) is 13.1 Å². The van der Waals surface area contributed by atoms with Crippen LogP contribution in [-0.2, 0) is 25.6 Å². The number of carboxylic acids is 2. The normalized spacial score (nSPS) is 20.2. The number of benzene rings is 1. The first-order valence-corrected chi connectivity index (χ1v) is 14.5. The van der Waals surface area contributed by atoms with Gasteiger partial charge < -0.3 is 29.9 Å². The number of aliphatic carboxylic acids is 2. The van der Waals surface area contributed by atoms with Gasteiger partial charge in [0.05, 0.1) is 32.5 Å². The summed E-state index contributed by atoms with van der Waals surface area (Å²) < 4.78 is 10.7. The molecule has 0 aliphatic heterocycles. The predicted molar refractivity (Wildman–Crippen MR) is 148 cm³/mol. The zero-order chi connectivity index (χ0) is 29.1. The molecule has 2 saturated carbocycles. The summed E-state index contributed by atoms with van der Waals surface area (Å²) >= 11 is 0. The second-order valence-corrected chi connectivity index (χ2v) is 11.0. The van der Waals surface area contributed by atoms with E-state index in [4.69, 9.17) is 9.47 Å². The van der Waals surface area contributed by atoms with Crippen LogP contribution in [-0.4, -0.2) is 72.2 Å². The van der Waals surface area contributed by atoms with E-state index in [0.717, 1.165) is 50.5 Å².